The molecule has 0 radical (unpaired) electrons. The normalized spacial score (nSPS) is 10.7. The summed E-state index contributed by atoms with van der Waals surface area (Å²) in [6.45, 7) is 2.30. The molecule has 0 spiro atoms. The molecule has 1 aromatic carbocycles. The molecule has 0 aliphatic rings. The predicted octanol–water partition coefficient (Wildman–Crippen LogP) is 1.83. The van der Waals surface area contributed by atoms with Crippen molar-refractivity contribution in [1.82, 2.24) is 14.7 Å². The van der Waals surface area contributed by atoms with Crippen LogP contribution in [0.2, 0.25) is 0 Å². The van der Waals surface area contributed by atoms with E-state index in [4.69, 9.17) is 15.5 Å². The van der Waals surface area contributed by atoms with Crippen LogP contribution in [0.1, 0.15) is 17.0 Å². The summed E-state index contributed by atoms with van der Waals surface area (Å²) in [5, 5.41) is 12.9. The molecule has 19 heavy (non-hydrogen) atoms. The van der Waals surface area contributed by atoms with Crippen LogP contribution < -0.4 is 5.73 Å². The van der Waals surface area contributed by atoms with Crippen molar-refractivity contribution in [3.63, 3.8) is 0 Å². The molecule has 3 aromatic rings. The first-order chi connectivity index (χ1) is 9.19. The van der Waals surface area contributed by atoms with E-state index < -0.39 is 0 Å². The molecular formula is C13H11N5O. The van der Waals surface area contributed by atoms with E-state index in [0.29, 0.717) is 29.3 Å². The number of hydrogen-bond acceptors (Lipinski definition) is 5. The van der Waals surface area contributed by atoms with Crippen LogP contribution in [0, 0.1) is 18.3 Å². The second kappa shape index (κ2) is 4.14. The molecule has 0 fully saturated rings. The van der Waals surface area contributed by atoms with Gasteiger partial charge < -0.3 is 14.8 Å². The van der Waals surface area contributed by atoms with Gasteiger partial charge in [0, 0.05) is 6.07 Å². The molecule has 0 unspecified atom stereocenters. The first kappa shape index (κ1) is 11.3. The Bertz CT molecular complexity index is 793. The first-order valence-electron chi connectivity index (χ1n) is 5.76. The third kappa shape index (κ3) is 1.81. The molecule has 3 rings (SSSR count). The highest BCUT2D eigenvalue weighted by atomic mass is 16.5. The fourth-order valence-corrected chi connectivity index (χ4v) is 2.07. The number of benzene rings is 1. The Morgan fingerprint density at radius 2 is 2.32 bits per heavy atom. The summed E-state index contributed by atoms with van der Waals surface area (Å²) in [4.78, 5) is 4.24. The highest BCUT2D eigenvalue weighted by Crippen LogP contribution is 2.22. The molecule has 0 aliphatic carbocycles. The fourth-order valence-electron chi connectivity index (χ4n) is 2.07. The molecule has 0 amide bonds. The average Bonchev–Trinajstić information content (AvgIpc) is 2.94. The Kier molecular flexibility index (Phi) is 2.46. The molecule has 94 valence electrons. The molecule has 6 nitrogen and oxygen atoms in total. The number of nitriles is 1. The van der Waals surface area contributed by atoms with Gasteiger partial charge in [-0.05, 0) is 19.1 Å². The largest absolute Gasteiger partial charge is 0.369 e. The third-order valence-electron chi connectivity index (χ3n) is 2.92. The number of para-hydroxylation sites is 1. The first-order valence-corrected chi connectivity index (χ1v) is 5.76. The van der Waals surface area contributed by atoms with Gasteiger partial charge in [-0.15, -0.1) is 0 Å². The SMILES string of the molecule is Cc1cc(Cn2c(N)nc3c(C#N)cccc32)on1. The number of nitrogens with two attached hydrogens (primary N) is 1. The molecule has 0 aliphatic heterocycles. The quantitative estimate of drug-likeness (QED) is 0.752. The van der Waals surface area contributed by atoms with Crippen LogP contribution in [0.25, 0.3) is 11.0 Å². The molecule has 0 atom stereocenters. The minimum Gasteiger partial charge on any atom is -0.369 e. The monoisotopic (exact) mass is 253 g/mol. The topological polar surface area (TPSA) is 93.7 Å². The van der Waals surface area contributed by atoms with Gasteiger partial charge in [-0.2, -0.15) is 5.26 Å². The fraction of sp³-hybridized carbons (Fsp3) is 0.154. The lowest BCUT2D eigenvalue weighted by Gasteiger charge is -2.02. The van der Waals surface area contributed by atoms with Crippen LogP contribution in [0.15, 0.2) is 28.8 Å². The van der Waals surface area contributed by atoms with Gasteiger partial charge in [0.15, 0.2) is 5.76 Å². The molecule has 0 bridgehead atoms. The standard InChI is InChI=1S/C13H11N5O/c1-8-5-10(19-17-8)7-18-11-4-2-3-9(6-14)12(11)16-13(18)15/h2-5H,7H2,1H3,(H2,15,16). The Morgan fingerprint density at radius 1 is 1.47 bits per heavy atom. The Balaban J connectivity index is 2.14. The van der Waals surface area contributed by atoms with Gasteiger partial charge >= 0.3 is 0 Å². The van der Waals surface area contributed by atoms with E-state index in [0.717, 1.165) is 11.2 Å². The van der Waals surface area contributed by atoms with Crippen LogP contribution in [0.5, 0.6) is 0 Å². The molecule has 6 heteroatoms. The Hall–Kier alpha value is -2.81. The number of aromatic nitrogens is 3. The van der Waals surface area contributed by atoms with Gasteiger partial charge in [-0.3, -0.25) is 0 Å². The second-order valence-corrected chi connectivity index (χ2v) is 4.28. The number of nitrogens with zero attached hydrogens (tertiary/aromatic N) is 4. The van der Waals surface area contributed by atoms with Crippen molar-refractivity contribution in [3.05, 3.63) is 41.3 Å². The van der Waals surface area contributed by atoms with Crippen LogP contribution in [-0.2, 0) is 6.54 Å². The lowest BCUT2D eigenvalue weighted by Crippen LogP contribution is -2.03. The van der Waals surface area contributed by atoms with Crippen molar-refractivity contribution in [3.8, 4) is 6.07 Å². The van der Waals surface area contributed by atoms with Crippen molar-refractivity contribution >= 4 is 17.0 Å². The zero-order chi connectivity index (χ0) is 13.4. The maximum absolute atomic E-state index is 9.06. The zero-order valence-electron chi connectivity index (χ0n) is 10.3. The lowest BCUT2D eigenvalue weighted by atomic mass is 10.2. The molecule has 0 saturated carbocycles. The number of hydrogen-bond donors (Lipinski definition) is 1. The summed E-state index contributed by atoms with van der Waals surface area (Å²) in [6.07, 6.45) is 0. The lowest BCUT2D eigenvalue weighted by molar-refractivity contribution is 0.374. The van der Waals surface area contributed by atoms with E-state index >= 15 is 0 Å². The Morgan fingerprint density at radius 3 is 3.00 bits per heavy atom. The van der Waals surface area contributed by atoms with Gasteiger partial charge in [0.05, 0.1) is 23.3 Å². The van der Waals surface area contributed by atoms with Gasteiger partial charge in [0.2, 0.25) is 5.95 Å². The predicted molar refractivity (Wildman–Crippen MR) is 69.2 cm³/mol. The third-order valence-corrected chi connectivity index (χ3v) is 2.92. The Labute approximate surface area is 109 Å². The molecular weight excluding hydrogens is 242 g/mol. The van der Waals surface area contributed by atoms with E-state index in [9.17, 15) is 0 Å². The number of aryl methyl sites for hydroxylation is 1. The van der Waals surface area contributed by atoms with Gasteiger partial charge in [-0.25, -0.2) is 4.98 Å². The minimum atomic E-state index is 0.353. The van der Waals surface area contributed by atoms with Crippen LogP contribution in [0.3, 0.4) is 0 Å². The van der Waals surface area contributed by atoms with Gasteiger partial charge in [-0.1, -0.05) is 11.2 Å². The minimum absolute atomic E-state index is 0.353. The van der Waals surface area contributed by atoms with Crippen LogP contribution in [0.4, 0.5) is 5.95 Å². The van der Waals surface area contributed by atoms with E-state index in [1.807, 2.05) is 25.1 Å². The highest BCUT2D eigenvalue weighted by molar-refractivity contribution is 5.84. The highest BCUT2D eigenvalue weighted by Gasteiger charge is 2.13. The van der Waals surface area contributed by atoms with E-state index in [1.54, 1.807) is 10.6 Å². The zero-order valence-corrected chi connectivity index (χ0v) is 10.3. The summed E-state index contributed by atoms with van der Waals surface area (Å²) in [5.74, 6) is 1.05. The summed E-state index contributed by atoms with van der Waals surface area (Å²) < 4.78 is 6.98. The average molecular weight is 253 g/mol. The van der Waals surface area contributed by atoms with Gasteiger partial charge in [0.1, 0.15) is 11.6 Å². The molecule has 0 saturated heterocycles. The number of imidazole rings is 1. The number of nitrogen functional groups attached to an aromatic ring is 1. The maximum Gasteiger partial charge on any atom is 0.201 e. The van der Waals surface area contributed by atoms with Crippen LogP contribution >= 0.6 is 0 Å². The van der Waals surface area contributed by atoms with E-state index in [1.165, 1.54) is 0 Å². The van der Waals surface area contributed by atoms with E-state index in [2.05, 4.69) is 16.2 Å². The second-order valence-electron chi connectivity index (χ2n) is 4.28. The van der Waals surface area contributed by atoms with Gasteiger partial charge in [0.25, 0.3) is 0 Å². The van der Waals surface area contributed by atoms with Crippen molar-refractivity contribution in [1.29, 1.82) is 5.26 Å². The van der Waals surface area contributed by atoms with Crippen molar-refractivity contribution in [2.45, 2.75) is 13.5 Å². The number of anilines is 1. The molecule has 2 heterocycles. The van der Waals surface area contributed by atoms with Crippen LogP contribution in [-0.4, -0.2) is 14.7 Å². The van der Waals surface area contributed by atoms with E-state index in [-0.39, 0.29) is 0 Å². The van der Waals surface area contributed by atoms with Crippen molar-refractivity contribution in [2.24, 2.45) is 0 Å². The van der Waals surface area contributed by atoms with Crippen molar-refractivity contribution < 1.29 is 4.52 Å². The summed E-state index contributed by atoms with van der Waals surface area (Å²) in [7, 11) is 0. The molecule has 2 N–H and O–H groups in total. The summed E-state index contributed by atoms with van der Waals surface area (Å²) in [5.41, 5.74) is 8.66. The smallest absolute Gasteiger partial charge is 0.201 e. The number of fused-ring (bicyclic) bond motifs is 1. The maximum atomic E-state index is 9.06. The van der Waals surface area contributed by atoms with Crippen molar-refractivity contribution in [2.75, 3.05) is 5.73 Å². The molecule has 2 aromatic heterocycles. The summed E-state index contributed by atoms with van der Waals surface area (Å²) >= 11 is 0. The number of rotatable bonds is 2. The summed E-state index contributed by atoms with van der Waals surface area (Å²) in [6, 6.07) is 9.37.